The molecular weight excluding hydrogens is 263 g/mol. The normalized spacial score (nSPS) is 25.6. The molecule has 1 saturated carbocycles. The van der Waals surface area contributed by atoms with Crippen molar-refractivity contribution in [2.24, 2.45) is 5.92 Å². The highest BCUT2D eigenvalue weighted by Crippen LogP contribution is 2.37. The zero-order valence-corrected chi connectivity index (χ0v) is 12.9. The lowest BCUT2D eigenvalue weighted by atomic mass is 9.85. The van der Waals surface area contributed by atoms with Gasteiger partial charge in [-0.05, 0) is 32.6 Å². The maximum atomic E-state index is 12.7. The first-order valence-electron chi connectivity index (χ1n) is 8.26. The van der Waals surface area contributed by atoms with Crippen molar-refractivity contribution in [1.29, 1.82) is 0 Å². The van der Waals surface area contributed by atoms with Crippen LogP contribution in [0.3, 0.4) is 0 Å². The third kappa shape index (κ3) is 6.96. The van der Waals surface area contributed by atoms with E-state index in [1.165, 1.54) is 32.1 Å². The van der Waals surface area contributed by atoms with Gasteiger partial charge in [-0.3, -0.25) is 0 Å². The summed E-state index contributed by atoms with van der Waals surface area (Å²) in [6, 6.07) is 0.398. The van der Waals surface area contributed by atoms with Crippen LogP contribution in [0.2, 0.25) is 0 Å². The van der Waals surface area contributed by atoms with E-state index in [0.717, 1.165) is 12.8 Å². The van der Waals surface area contributed by atoms with Gasteiger partial charge in [-0.25, -0.2) is 0 Å². The summed E-state index contributed by atoms with van der Waals surface area (Å²) in [5.74, 6) is -1.09. The van der Waals surface area contributed by atoms with Crippen molar-refractivity contribution in [3.8, 4) is 0 Å². The van der Waals surface area contributed by atoms with Gasteiger partial charge in [0.25, 0.3) is 0 Å². The van der Waals surface area contributed by atoms with Crippen molar-refractivity contribution in [3.05, 3.63) is 0 Å². The van der Waals surface area contributed by atoms with E-state index >= 15 is 0 Å². The fourth-order valence-electron chi connectivity index (χ4n) is 3.18. The lowest BCUT2D eigenvalue weighted by Crippen LogP contribution is -2.42. The highest BCUT2D eigenvalue weighted by molar-refractivity contribution is 4.83. The van der Waals surface area contributed by atoms with Gasteiger partial charge in [0.15, 0.2) is 0 Å². The summed E-state index contributed by atoms with van der Waals surface area (Å²) in [6.07, 6.45) is 5.49. The standard InChI is InChI=1S/C16H30F3N/c1-3-4-5-6-7-9-13(2)20-15-11-8-10-14(12-15)16(17,18)19/h13-15,20H,3-12H2,1-2H3. The average Bonchev–Trinajstić information content (AvgIpc) is 2.38. The summed E-state index contributed by atoms with van der Waals surface area (Å²) < 4.78 is 38.2. The highest BCUT2D eigenvalue weighted by Gasteiger charge is 2.42. The van der Waals surface area contributed by atoms with E-state index in [9.17, 15) is 13.2 Å². The molecule has 0 aromatic carbocycles. The Kier molecular flexibility index (Phi) is 7.93. The maximum Gasteiger partial charge on any atom is 0.391 e. The second-order valence-corrected chi connectivity index (χ2v) is 6.37. The molecule has 0 aliphatic heterocycles. The zero-order chi connectivity index (χ0) is 15.0. The largest absolute Gasteiger partial charge is 0.391 e. The third-order valence-electron chi connectivity index (χ3n) is 4.40. The molecule has 1 rings (SSSR count). The molecule has 1 N–H and O–H groups in total. The summed E-state index contributed by atoms with van der Waals surface area (Å²) in [4.78, 5) is 0. The number of hydrogen-bond donors (Lipinski definition) is 1. The van der Waals surface area contributed by atoms with Gasteiger partial charge in [-0.2, -0.15) is 13.2 Å². The van der Waals surface area contributed by atoms with E-state index in [-0.39, 0.29) is 12.5 Å². The number of halogens is 3. The van der Waals surface area contributed by atoms with Gasteiger partial charge in [0, 0.05) is 12.1 Å². The summed E-state index contributed by atoms with van der Waals surface area (Å²) in [6.45, 7) is 4.31. The highest BCUT2D eigenvalue weighted by atomic mass is 19.4. The van der Waals surface area contributed by atoms with E-state index in [1.807, 2.05) is 0 Å². The first-order valence-corrected chi connectivity index (χ1v) is 8.26. The molecule has 3 atom stereocenters. The second-order valence-electron chi connectivity index (χ2n) is 6.37. The van der Waals surface area contributed by atoms with E-state index in [2.05, 4.69) is 19.2 Å². The minimum Gasteiger partial charge on any atom is -0.311 e. The molecule has 0 bridgehead atoms. The summed E-state index contributed by atoms with van der Waals surface area (Å²) in [5, 5.41) is 3.41. The van der Waals surface area contributed by atoms with Gasteiger partial charge >= 0.3 is 6.18 Å². The van der Waals surface area contributed by atoms with Crippen LogP contribution < -0.4 is 5.32 Å². The van der Waals surface area contributed by atoms with Crippen molar-refractivity contribution >= 4 is 0 Å². The smallest absolute Gasteiger partial charge is 0.311 e. The predicted molar refractivity (Wildman–Crippen MR) is 77.8 cm³/mol. The Labute approximate surface area is 121 Å². The fourth-order valence-corrected chi connectivity index (χ4v) is 3.18. The number of rotatable bonds is 8. The molecule has 120 valence electrons. The van der Waals surface area contributed by atoms with Crippen LogP contribution >= 0.6 is 0 Å². The van der Waals surface area contributed by atoms with Crippen LogP contribution in [-0.2, 0) is 0 Å². The molecule has 0 radical (unpaired) electrons. The number of nitrogens with one attached hydrogen (secondary N) is 1. The maximum absolute atomic E-state index is 12.7. The minimum absolute atomic E-state index is 0.0565. The predicted octanol–water partition coefficient (Wildman–Crippen LogP) is 5.45. The van der Waals surface area contributed by atoms with E-state index in [1.54, 1.807) is 0 Å². The molecule has 0 spiro atoms. The Morgan fingerprint density at radius 2 is 1.80 bits per heavy atom. The molecule has 3 unspecified atom stereocenters. The van der Waals surface area contributed by atoms with Crippen molar-refractivity contribution in [3.63, 3.8) is 0 Å². The van der Waals surface area contributed by atoms with Crippen LogP contribution in [0, 0.1) is 5.92 Å². The Morgan fingerprint density at radius 1 is 1.10 bits per heavy atom. The number of alkyl halides is 3. The van der Waals surface area contributed by atoms with Crippen molar-refractivity contribution in [1.82, 2.24) is 5.32 Å². The first kappa shape index (κ1) is 17.8. The molecule has 1 nitrogen and oxygen atoms in total. The van der Waals surface area contributed by atoms with Crippen LogP contribution in [-0.4, -0.2) is 18.3 Å². The molecule has 4 heteroatoms. The zero-order valence-electron chi connectivity index (χ0n) is 12.9. The van der Waals surface area contributed by atoms with E-state index in [0.29, 0.717) is 18.9 Å². The molecule has 0 aromatic rings. The summed E-state index contributed by atoms with van der Waals surface area (Å²) in [7, 11) is 0. The molecule has 1 fully saturated rings. The minimum atomic E-state index is -4.01. The van der Waals surface area contributed by atoms with Gasteiger partial charge in [0.05, 0.1) is 5.92 Å². The van der Waals surface area contributed by atoms with Crippen LogP contribution in [0.25, 0.3) is 0 Å². The molecule has 1 aliphatic carbocycles. The fraction of sp³-hybridized carbons (Fsp3) is 1.00. The van der Waals surface area contributed by atoms with Crippen molar-refractivity contribution in [2.75, 3.05) is 0 Å². The van der Waals surface area contributed by atoms with E-state index in [4.69, 9.17) is 0 Å². The quantitative estimate of drug-likeness (QED) is 0.587. The van der Waals surface area contributed by atoms with Crippen molar-refractivity contribution < 1.29 is 13.2 Å². The number of unbranched alkanes of at least 4 members (excludes halogenated alkanes) is 4. The molecule has 0 amide bonds. The molecular formula is C16H30F3N. The SMILES string of the molecule is CCCCCCCC(C)NC1CCCC(C(F)(F)F)C1. The topological polar surface area (TPSA) is 12.0 Å². The molecule has 20 heavy (non-hydrogen) atoms. The van der Waals surface area contributed by atoms with Gasteiger partial charge in [-0.1, -0.05) is 45.4 Å². The molecule has 0 aromatic heterocycles. The Balaban J connectivity index is 2.19. The Bertz CT molecular complexity index is 253. The van der Waals surface area contributed by atoms with Crippen LogP contribution in [0.15, 0.2) is 0 Å². The van der Waals surface area contributed by atoms with E-state index < -0.39 is 12.1 Å². The lowest BCUT2D eigenvalue weighted by Gasteiger charge is -2.33. The molecule has 0 heterocycles. The first-order chi connectivity index (χ1) is 9.43. The van der Waals surface area contributed by atoms with Gasteiger partial charge in [0.2, 0.25) is 0 Å². The summed E-state index contributed by atoms with van der Waals surface area (Å²) in [5.41, 5.74) is 0. The van der Waals surface area contributed by atoms with Gasteiger partial charge in [-0.15, -0.1) is 0 Å². The monoisotopic (exact) mass is 293 g/mol. The molecule has 1 aliphatic rings. The van der Waals surface area contributed by atoms with Crippen LogP contribution in [0.4, 0.5) is 13.2 Å². The third-order valence-corrected chi connectivity index (χ3v) is 4.40. The van der Waals surface area contributed by atoms with Crippen LogP contribution in [0.1, 0.15) is 78.1 Å². The summed E-state index contributed by atoms with van der Waals surface area (Å²) >= 11 is 0. The van der Waals surface area contributed by atoms with Gasteiger partial charge < -0.3 is 5.32 Å². The Morgan fingerprint density at radius 3 is 2.45 bits per heavy atom. The second kappa shape index (κ2) is 8.91. The Hall–Kier alpha value is -0.250. The average molecular weight is 293 g/mol. The van der Waals surface area contributed by atoms with Crippen LogP contribution in [0.5, 0.6) is 0 Å². The lowest BCUT2D eigenvalue weighted by molar-refractivity contribution is -0.183. The number of hydrogen-bond acceptors (Lipinski definition) is 1. The van der Waals surface area contributed by atoms with Gasteiger partial charge in [0.1, 0.15) is 0 Å². The molecule has 0 saturated heterocycles. The van der Waals surface area contributed by atoms with Crippen molar-refractivity contribution in [2.45, 2.75) is 96.3 Å².